The van der Waals surface area contributed by atoms with Crippen molar-refractivity contribution in [2.75, 3.05) is 57.8 Å². The summed E-state index contributed by atoms with van der Waals surface area (Å²) in [5, 5.41) is 3.27. The molecule has 30 heavy (non-hydrogen) atoms. The molecule has 0 unspecified atom stereocenters. The van der Waals surface area contributed by atoms with Gasteiger partial charge in [0.2, 0.25) is 11.8 Å². The average Bonchev–Trinajstić information content (AvgIpc) is 2.77. The fraction of sp³-hybridized carbons (Fsp3) is 0.600. The standard InChI is InChI=1S/C20H29N5O4.ClH/c1-16(26)25(15-19(27)29-2)24-9-5-17(6-10-24)20(28)23-13-11-22(12-14-23)18-3-7-21-8-4-18;/h3-4,7-8,17H,5-6,9-15H2,1-2H3;1H. The van der Waals surface area contributed by atoms with E-state index in [1.165, 1.54) is 19.0 Å². The number of pyridine rings is 1. The van der Waals surface area contributed by atoms with Crippen LogP contribution in [0.4, 0.5) is 5.69 Å². The minimum absolute atomic E-state index is 0. The number of aromatic nitrogens is 1. The number of hydrogen-bond donors (Lipinski definition) is 0. The number of piperazine rings is 1. The van der Waals surface area contributed by atoms with Gasteiger partial charge in [-0.1, -0.05) is 0 Å². The Labute approximate surface area is 183 Å². The smallest absolute Gasteiger partial charge is 0.327 e. The molecule has 0 radical (unpaired) electrons. The van der Waals surface area contributed by atoms with Crippen molar-refractivity contribution in [1.82, 2.24) is 19.9 Å². The van der Waals surface area contributed by atoms with Gasteiger partial charge in [0.25, 0.3) is 0 Å². The molecule has 9 nitrogen and oxygen atoms in total. The van der Waals surface area contributed by atoms with Crippen LogP contribution < -0.4 is 4.90 Å². The van der Waals surface area contributed by atoms with Gasteiger partial charge in [-0.3, -0.25) is 24.4 Å². The highest BCUT2D eigenvalue weighted by Crippen LogP contribution is 2.23. The van der Waals surface area contributed by atoms with Gasteiger partial charge >= 0.3 is 5.97 Å². The Morgan fingerprint density at radius 2 is 1.67 bits per heavy atom. The van der Waals surface area contributed by atoms with Crippen LogP contribution >= 0.6 is 12.4 Å². The number of anilines is 1. The first-order valence-corrected chi connectivity index (χ1v) is 10.0. The minimum atomic E-state index is -0.453. The van der Waals surface area contributed by atoms with E-state index < -0.39 is 5.97 Å². The van der Waals surface area contributed by atoms with E-state index in [0.717, 1.165) is 18.8 Å². The third kappa shape index (κ3) is 5.82. The van der Waals surface area contributed by atoms with E-state index in [1.807, 2.05) is 22.0 Å². The van der Waals surface area contributed by atoms with E-state index in [-0.39, 0.29) is 36.7 Å². The molecule has 0 N–H and O–H groups in total. The molecule has 0 saturated carbocycles. The van der Waals surface area contributed by atoms with E-state index in [9.17, 15) is 14.4 Å². The first-order valence-electron chi connectivity index (χ1n) is 10.0. The molecule has 1 aromatic rings. The first-order chi connectivity index (χ1) is 14.0. The Morgan fingerprint density at radius 3 is 2.20 bits per heavy atom. The van der Waals surface area contributed by atoms with E-state index in [1.54, 1.807) is 12.4 Å². The Morgan fingerprint density at radius 1 is 1.07 bits per heavy atom. The van der Waals surface area contributed by atoms with Crippen molar-refractivity contribution < 1.29 is 19.1 Å². The van der Waals surface area contributed by atoms with Crippen molar-refractivity contribution >= 4 is 35.9 Å². The molecule has 0 bridgehead atoms. The lowest BCUT2D eigenvalue weighted by atomic mass is 9.95. The summed E-state index contributed by atoms with van der Waals surface area (Å²) >= 11 is 0. The van der Waals surface area contributed by atoms with Crippen molar-refractivity contribution in [3.05, 3.63) is 24.5 Å². The molecular formula is C20H30ClN5O4. The zero-order valence-corrected chi connectivity index (χ0v) is 18.3. The molecule has 2 saturated heterocycles. The molecular weight excluding hydrogens is 410 g/mol. The van der Waals surface area contributed by atoms with Crippen LogP contribution in [0.2, 0.25) is 0 Å². The van der Waals surface area contributed by atoms with Crippen LogP contribution in [-0.4, -0.2) is 90.6 Å². The van der Waals surface area contributed by atoms with Crippen molar-refractivity contribution in [3.63, 3.8) is 0 Å². The molecule has 0 atom stereocenters. The minimum Gasteiger partial charge on any atom is -0.468 e. The van der Waals surface area contributed by atoms with Gasteiger partial charge in [-0.2, -0.15) is 0 Å². The van der Waals surface area contributed by atoms with Crippen LogP contribution in [0.15, 0.2) is 24.5 Å². The van der Waals surface area contributed by atoms with Crippen LogP contribution in [0.3, 0.4) is 0 Å². The van der Waals surface area contributed by atoms with Gasteiger partial charge in [-0.15, -0.1) is 12.4 Å². The molecule has 2 amide bonds. The molecule has 2 aliphatic rings. The molecule has 166 valence electrons. The zero-order valence-electron chi connectivity index (χ0n) is 17.5. The second kappa shape index (κ2) is 11.1. The maximum Gasteiger partial charge on any atom is 0.327 e. The average molecular weight is 440 g/mol. The van der Waals surface area contributed by atoms with Gasteiger partial charge in [0, 0.05) is 70.2 Å². The number of carbonyl (C=O) groups is 3. The Bertz CT molecular complexity index is 719. The molecule has 0 aromatic carbocycles. The fourth-order valence-electron chi connectivity index (χ4n) is 3.95. The van der Waals surface area contributed by atoms with Crippen LogP contribution in [0, 0.1) is 5.92 Å². The van der Waals surface area contributed by atoms with E-state index in [0.29, 0.717) is 39.0 Å². The number of methoxy groups -OCH3 is 1. The Kier molecular flexibility index (Phi) is 8.86. The predicted octanol–water partition coefficient (Wildman–Crippen LogP) is 0.801. The van der Waals surface area contributed by atoms with Gasteiger partial charge in [-0.05, 0) is 25.0 Å². The number of ether oxygens (including phenoxy) is 1. The van der Waals surface area contributed by atoms with Gasteiger partial charge in [0.15, 0.2) is 0 Å². The van der Waals surface area contributed by atoms with Crippen LogP contribution in [0.5, 0.6) is 0 Å². The first kappa shape index (κ1) is 23.9. The zero-order chi connectivity index (χ0) is 20.8. The lowest BCUT2D eigenvalue weighted by molar-refractivity contribution is -0.163. The summed E-state index contributed by atoms with van der Waals surface area (Å²) in [6.45, 7) is 5.53. The number of hydrogen-bond acceptors (Lipinski definition) is 7. The summed E-state index contributed by atoms with van der Waals surface area (Å²) in [4.78, 5) is 44.7. The molecule has 10 heteroatoms. The van der Waals surface area contributed by atoms with Gasteiger partial charge < -0.3 is 14.5 Å². The molecule has 2 fully saturated rings. The van der Waals surface area contributed by atoms with Crippen LogP contribution in [-0.2, 0) is 19.1 Å². The summed E-state index contributed by atoms with van der Waals surface area (Å²) in [7, 11) is 1.31. The van der Waals surface area contributed by atoms with Gasteiger partial charge in [-0.25, -0.2) is 5.01 Å². The Hall–Kier alpha value is -2.39. The third-order valence-corrected chi connectivity index (χ3v) is 5.65. The molecule has 0 aliphatic carbocycles. The largest absolute Gasteiger partial charge is 0.468 e. The highest BCUT2D eigenvalue weighted by molar-refractivity contribution is 5.85. The molecule has 0 spiro atoms. The Balaban J connectivity index is 0.00000320. The fourth-order valence-corrected chi connectivity index (χ4v) is 3.95. The number of halogens is 1. The quantitative estimate of drug-likeness (QED) is 0.627. The number of esters is 1. The lowest BCUT2D eigenvalue weighted by Gasteiger charge is -2.41. The number of piperidine rings is 1. The van der Waals surface area contributed by atoms with Crippen molar-refractivity contribution in [2.24, 2.45) is 5.92 Å². The summed E-state index contributed by atoms with van der Waals surface area (Å²) in [5.74, 6) is -0.495. The summed E-state index contributed by atoms with van der Waals surface area (Å²) in [5.41, 5.74) is 1.13. The second-order valence-corrected chi connectivity index (χ2v) is 7.40. The third-order valence-electron chi connectivity index (χ3n) is 5.65. The second-order valence-electron chi connectivity index (χ2n) is 7.40. The highest BCUT2D eigenvalue weighted by atomic mass is 35.5. The molecule has 1 aromatic heterocycles. The normalized spacial score (nSPS) is 17.8. The molecule has 2 aliphatic heterocycles. The van der Waals surface area contributed by atoms with E-state index in [2.05, 4.69) is 14.6 Å². The number of amides is 2. The SMILES string of the molecule is COC(=O)CN(C(C)=O)N1CCC(C(=O)N2CCN(c3ccncc3)CC2)CC1.Cl. The maximum atomic E-state index is 13.0. The number of hydrazine groups is 1. The molecule has 3 rings (SSSR count). The lowest BCUT2D eigenvalue weighted by Crippen LogP contribution is -2.54. The predicted molar refractivity (Wildman–Crippen MR) is 114 cm³/mol. The van der Waals surface area contributed by atoms with E-state index >= 15 is 0 Å². The van der Waals surface area contributed by atoms with Crippen LogP contribution in [0.1, 0.15) is 19.8 Å². The van der Waals surface area contributed by atoms with Gasteiger partial charge in [0.05, 0.1) is 7.11 Å². The summed E-state index contributed by atoms with van der Waals surface area (Å²) in [6, 6.07) is 3.98. The summed E-state index contributed by atoms with van der Waals surface area (Å²) in [6.07, 6.45) is 4.92. The van der Waals surface area contributed by atoms with E-state index in [4.69, 9.17) is 0 Å². The van der Waals surface area contributed by atoms with Crippen molar-refractivity contribution in [1.29, 1.82) is 0 Å². The highest BCUT2D eigenvalue weighted by Gasteiger charge is 2.33. The summed E-state index contributed by atoms with van der Waals surface area (Å²) < 4.78 is 4.67. The van der Waals surface area contributed by atoms with Crippen molar-refractivity contribution in [2.45, 2.75) is 19.8 Å². The van der Waals surface area contributed by atoms with Crippen molar-refractivity contribution in [3.8, 4) is 0 Å². The monoisotopic (exact) mass is 439 g/mol. The van der Waals surface area contributed by atoms with Gasteiger partial charge in [0.1, 0.15) is 6.54 Å². The topological polar surface area (TPSA) is 86.3 Å². The number of rotatable bonds is 5. The molecule has 3 heterocycles. The number of nitrogens with zero attached hydrogens (tertiary/aromatic N) is 5. The maximum absolute atomic E-state index is 13.0. The van der Waals surface area contributed by atoms with Crippen LogP contribution in [0.25, 0.3) is 0 Å². The number of carbonyl (C=O) groups excluding carboxylic acids is 3.